The van der Waals surface area contributed by atoms with Gasteiger partial charge < -0.3 is 9.64 Å². The average molecular weight is 371 g/mol. The molecule has 3 rings (SSSR count). The molecular weight excluding hydrogens is 353 g/mol. The number of hydrogen-bond acceptors (Lipinski definition) is 5. The smallest absolute Gasteiger partial charge is 0.253 e. The van der Waals surface area contributed by atoms with Crippen molar-refractivity contribution in [3.63, 3.8) is 0 Å². The molecule has 0 saturated heterocycles. The first-order chi connectivity index (χ1) is 12.5. The molecule has 0 bridgehead atoms. The lowest BCUT2D eigenvalue weighted by molar-refractivity contribution is 0.0784. The van der Waals surface area contributed by atoms with Crippen LogP contribution in [0, 0.1) is 12.7 Å². The number of rotatable bonds is 6. The van der Waals surface area contributed by atoms with Gasteiger partial charge in [0.15, 0.2) is 0 Å². The third-order valence-corrected chi connectivity index (χ3v) is 4.59. The van der Waals surface area contributed by atoms with Crippen LogP contribution in [0.15, 0.2) is 48.5 Å². The number of carbonyl (C=O) groups excluding carboxylic acids is 1. The van der Waals surface area contributed by atoms with Crippen LogP contribution in [0.3, 0.4) is 0 Å². The number of nitrogens with zero attached hydrogens (tertiary/aromatic N) is 3. The molecule has 1 heterocycles. The van der Waals surface area contributed by atoms with E-state index in [0.29, 0.717) is 23.5 Å². The second-order valence-electron chi connectivity index (χ2n) is 5.86. The molecule has 7 heteroatoms. The molecule has 0 fully saturated rings. The molecule has 0 saturated carbocycles. The third kappa shape index (κ3) is 4.23. The Morgan fingerprint density at radius 1 is 1.15 bits per heavy atom. The fraction of sp³-hybridized carbons (Fsp3) is 0.211. The second-order valence-corrected chi connectivity index (χ2v) is 6.39. The highest BCUT2D eigenvalue weighted by Gasteiger charge is 2.14. The first-order valence-corrected chi connectivity index (χ1v) is 8.77. The summed E-state index contributed by atoms with van der Waals surface area (Å²) in [5, 5.41) is 0. The molecule has 0 aliphatic heterocycles. The fourth-order valence-corrected chi connectivity index (χ4v) is 2.95. The van der Waals surface area contributed by atoms with Gasteiger partial charge in [0, 0.05) is 24.7 Å². The molecule has 1 amide bonds. The zero-order chi connectivity index (χ0) is 18.5. The van der Waals surface area contributed by atoms with Crippen LogP contribution in [0.5, 0.6) is 5.75 Å². The zero-order valence-corrected chi connectivity index (χ0v) is 15.3. The van der Waals surface area contributed by atoms with Crippen molar-refractivity contribution in [3.05, 3.63) is 76.9 Å². The van der Waals surface area contributed by atoms with Crippen LogP contribution < -0.4 is 4.74 Å². The van der Waals surface area contributed by atoms with Gasteiger partial charge in [0.1, 0.15) is 23.9 Å². The lowest BCUT2D eigenvalue weighted by atomic mass is 10.1. The summed E-state index contributed by atoms with van der Waals surface area (Å²) in [6.45, 7) is 2.43. The molecule has 0 aliphatic rings. The summed E-state index contributed by atoms with van der Waals surface area (Å²) in [6, 6.07) is 13.3. The summed E-state index contributed by atoms with van der Waals surface area (Å²) in [5.41, 5.74) is 2.66. The van der Waals surface area contributed by atoms with Crippen molar-refractivity contribution in [2.45, 2.75) is 20.1 Å². The summed E-state index contributed by atoms with van der Waals surface area (Å²) >= 11 is 1.16. The Kier molecular flexibility index (Phi) is 5.58. The van der Waals surface area contributed by atoms with E-state index in [-0.39, 0.29) is 18.3 Å². The quantitative estimate of drug-likeness (QED) is 0.661. The first-order valence-electron chi connectivity index (χ1n) is 8.04. The summed E-state index contributed by atoms with van der Waals surface area (Å²) in [6.07, 6.45) is 0. The van der Waals surface area contributed by atoms with Crippen LogP contribution in [0.4, 0.5) is 4.39 Å². The van der Waals surface area contributed by atoms with Gasteiger partial charge in [-0.1, -0.05) is 18.2 Å². The van der Waals surface area contributed by atoms with Gasteiger partial charge >= 0.3 is 0 Å². The molecule has 5 nitrogen and oxygen atoms in total. The van der Waals surface area contributed by atoms with Gasteiger partial charge in [0.25, 0.3) is 5.91 Å². The summed E-state index contributed by atoms with van der Waals surface area (Å²) in [5.74, 6) is 0.146. The molecule has 3 aromatic rings. The highest BCUT2D eigenvalue weighted by Crippen LogP contribution is 2.17. The number of ether oxygens (including phenoxy) is 1. The summed E-state index contributed by atoms with van der Waals surface area (Å²) < 4.78 is 27.7. The van der Waals surface area contributed by atoms with E-state index in [9.17, 15) is 9.18 Å². The Hall–Kier alpha value is -2.80. The van der Waals surface area contributed by atoms with Gasteiger partial charge in [0.05, 0.1) is 17.4 Å². The van der Waals surface area contributed by atoms with E-state index in [1.165, 1.54) is 11.0 Å². The van der Waals surface area contributed by atoms with Crippen LogP contribution in [-0.4, -0.2) is 26.6 Å². The van der Waals surface area contributed by atoms with E-state index in [0.717, 1.165) is 23.1 Å². The minimum absolute atomic E-state index is 0.181. The van der Waals surface area contributed by atoms with Crippen LogP contribution in [0.1, 0.15) is 27.3 Å². The molecule has 0 atom stereocenters. The van der Waals surface area contributed by atoms with E-state index >= 15 is 0 Å². The van der Waals surface area contributed by atoms with Crippen molar-refractivity contribution in [1.82, 2.24) is 13.6 Å². The maximum absolute atomic E-state index is 13.7. The number of hydrogen-bond donors (Lipinski definition) is 0. The molecule has 0 radical (unpaired) electrons. The van der Waals surface area contributed by atoms with Crippen LogP contribution in [0.25, 0.3) is 0 Å². The lowest BCUT2D eigenvalue weighted by Crippen LogP contribution is -2.26. The van der Waals surface area contributed by atoms with Gasteiger partial charge in [-0.15, -0.1) is 0 Å². The maximum atomic E-state index is 13.7. The van der Waals surface area contributed by atoms with E-state index in [1.807, 2.05) is 6.92 Å². The lowest BCUT2D eigenvalue weighted by Gasteiger charge is -2.18. The number of aryl methyl sites for hydroxylation is 1. The highest BCUT2D eigenvalue weighted by molar-refractivity contribution is 6.99. The number of amides is 1. The van der Waals surface area contributed by atoms with Crippen molar-refractivity contribution >= 4 is 17.6 Å². The molecule has 0 aliphatic carbocycles. The van der Waals surface area contributed by atoms with Crippen LogP contribution >= 0.6 is 11.7 Å². The van der Waals surface area contributed by atoms with Crippen molar-refractivity contribution in [1.29, 1.82) is 0 Å². The van der Waals surface area contributed by atoms with Crippen LogP contribution in [0.2, 0.25) is 0 Å². The molecule has 0 N–H and O–H groups in total. The Morgan fingerprint density at radius 2 is 1.88 bits per heavy atom. The predicted octanol–water partition coefficient (Wildman–Crippen LogP) is 3.84. The van der Waals surface area contributed by atoms with Crippen molar-refractivity contribution < 1.29 is 13.9 Å². The Balaban J connectivity index is 1.61. The number of carbonyl (C=O) groups is 1. The Labute approximate surface area is 155 Å². The van der Waals surface area contributed by atoms with Gasteiger partial charge in [0.2, 0.25) is 0 Å². The van der Waals surface area contributed by atoms with Crippen molar-refractivity contribution in [2.24, 2.45) is 0 Å². The van der Waals surface area contributed by atoms with Crippen LogP contribution in [-0.2, 0) is 13.2 Å². The number of aromatic nitrogens is 2. The molecular formula is C19H18FN3O2S. The zero-order valence-electron chi connectivity index (χ0n) is 14.5. The summed E-state index contributed by atoms with van der Waals surface area (Å²) in [4.78, 5) is 14.0. The van der Waals surface area contributed by atoms with E-state index in [4.69, 9.17) is 4.74 Å². The molecule has 1 aromatic heterocycles. The van der Waals surface area contributed by atoms with E-state index in [1.54, 1.807) is 49.5 Å². The third-order valence-electron chi connectivity index (χ3n) is 3.94. The fourth-order valence-electron chi connectivity index (χ4n) is 2.40. The minimum Gasteiger partial charge on any atom is -0.487 e. The topological polar surface area (TPSA) is 55.3 Å². The summed E-state index contributed by atoms with van der Waals surface area (Å²) in [7, 11) is 1.65. The first kappa shape index (κ1) is 18.0. The van der Waals surface area contributed by atoms with Crippen molar-refractivity contribution in [3.8, 4) is 5.75 Å². The molecule has 134 valence electrons. The van der Waals surface area contributed by atoms with Gasteiger partial charge in [-0.05, 0) is 37.3 Å². The van der Waals surface area contributed by atoms with Gasteiger partial charge in [-0.25, -0.2) is 4.39 Å². The average Bonchev–Trinajstić information content (AvgIpc) is 3.06. The van der Waals surface area contributed by atoms with Gasteiger partial charge in [-0.2, -0.15) is 8.75 Å². The largest absolute Gasteiger partial charge is 0.487 e. The standard InChI is InChI=1S/C19H18FN3O2S/c1-13-18(22-26-21-13)12-25-16-9-7-14(8-10-16)19(24)23(2)11-15-5-3-4-6-17(15)20/h3-10H,11-12H2,1-2H3. The maximum Gasteiger partial charge on any atom is 0.253 e. The Morgan fingerprint density at radius 3 is 2.54 bits per heavy atom. The Bertz CT molecular complexity index is 896. The normalized spacial score (nSPS) is 10.6. The monoisotopic (exact) mass is 371 g/mol. The molecule has 0 spiro atoms. The van der Waals surface area contributed by atoms with Gasteiger partial charge in [-0.3, -0.25) is 4.79 Å². The molecule has 2 aromatic carbocycles. The highest BCUT2D eigenvalue weighted by atomic mass is 32.1. The number of halogens is 1. The minimum atomic E-state index is -0.317. The van der Waals surface area contributed by atoms with E-state index < -0.39 is 0 Å². The molecule has 26 heavy (non-hydrogen) atoms. The van der Waals surface area contributed by atoms with E-state index in [2.05, 4.69) is 8.75 Å². The second kappa shape index (κ2) is 8.05. The van der Waals surface area contributed by atoms with Crippen molar-refractivity contribution in [2.75, 3.05) is 7.05 Å². The SMILES string of the molecule is Cc1nsnc1COc1ccc(C(=O)N(C)Cc2ccccc2F)cc1. The predicted molar refractivity (Wildman–Crippen MR) is 97.6 cm³/mol. The molecule has 0 unspecified atom stereocenters. The number of benzene rings is 2.